The van der Waals surface area contributed by atoms with Crippen molar-refractivity contribution in [1.29, 1.82) is 0 Å². The van der Waals surface area contributed by atoms with Gasteiger partial charge in [-0.3, -0.25) is 4.79 Å². The fraction of sp³-hybridized carbons (Fsp3) is 0.533. The Morgan fingerprint density at radius 2 is 2.26 bits per heavy atom. The summed E-state index contributed by atoms with van der Waals surface area (Å²) in [4.78, 5) is 14.5. The second-order valence-electron chi connectivity index (χ2n) is 5.18. The number of likely N-dealkylation sites (tertiary alicyclic amines) is 1. The van der Waals surface area contributed by atoms with Gasteiger partial charge in [-0.25, -0.2) is 0 Å². The summed E-state index contributed by atoms with van der Waals surface area (Å²) in [6.07, 6.45) is 3.71. The molecule has 0 saturated carbocycles. The first-order valence-corrected chi connectivity index (χ1v) is 7.18. The minimum absolute atomic E-state index is 0.0611. The van der Waals surface area contributed by atoms with Crippen molar-refractivity contribution in [3.8, 4) is 0 Å². The highest BCUT2D eigenvalue weighted by atomic mass is 35.5. The van der Waals surface area contributed by atoms with E-state index in [-0.39, 0.29) is 18.6 Å². The van der Waals surface area contributed by atoms with Crippen molar-refractivity contribution in [3.05, 3.63) is 34.3 Å². The molecule has 2 rings (SSSR count). The molecule has 1 fully saturated rings. The number of carbonyl (C=O) groups is 1. The first-order valence-electron chi connectivity index (χ1n) is 6.81. The van der Waals surface area contributed by atoms with Crippen LogP contribution in [0.25, 0.3) is 0 Å². The second kappa shape index (κ2) is 6.40. The number of amides is 1. The van der Waals surface area contributed by atoms with Crippen LogP contribution in [0.2, 0.25) is 5.02 Å². The molecule has 1 aromatic rings. The summed E-state index contributed by atoms with van der Waals surface area (Å²) in [5.74, 6) is 0.0611. The standard InChI is InChI=1S/C15H20ClNO2/c1-11-8-12(10-13(16)9-11)15(19)17-6-2-4-14(17)5-3-7-18/h8-10,14,18H,2-7H2,1H3. The number of carbonyl (C=O) groups excluding carboxylic acids is 1. The zero-order chi connectivity index (χ0) is 13.8. The van der Waals surface area contributed by atoms with E-state index in [1.54, 1.807) is 6.07 Å². The molecular formula is C15H20ClNO2. The Morgan fingerprint density at radius 3 is 2.95 bits per heavy atom. The molecule has 0 spiro atoms. The molecule has 19 heavy (non-hydrogen) atoms. The normalized spacial score (nSPS) is 18.9. The number of hydrogen-bond donors (Lipinski definition) is 1. The van der Waals surface area contributed by atoms with Crippen molar-refractivity contribution in [2.75, 3.05) is 13.2 Å². The smallest absolute Gasteiger partial charge is 0.254 e. The van der Waals surface area contributed by atoms with Crippen LogP contribution in [0.3, 0.4) is 0 Å². The van der Waals surface area contributed by atoms with Crippen LogP contribution in [0.4, 0.5) is 0 Å². The molecule has 1 aromatic carbocycles. The average Bonchev–Trinajstić information content (AvgIpc) is 2.82. The number of hydrogen-bond acceptors (Lipinski definition) is 2. The van der Waals surface area contributed by atoms with E-state index >= 15 is 0 Å². The topological polar surface area (TPSA) is 40.5 Å². The van der Waals surface area contributed by atoms with Crippen molar-refractivity contribution in [3.63, 3.8) is 0 Å². The van der Waals surface area contributed by atoms with Crippen LogP contribution < -0.4 is 0 Å². The molecule has 1 saturated heterocycles. The molecule has 1 N–H and O–H groups in total. The molecule has 1 aliphatic rings. The first-order chi connectivity index (χ1) is 9.11. The Kier molecular flexibility index (Phi) is 4.83. The van der Waals surface area contributed by atoms with Gasteiger partial charge in [-0.2, -0.15) is 0 Å². The minimum Gasteiger partial charge on any atom is -0.396 e. The zero-order valence-electron chi connectivity index (χ0n) is 11.2. The van der Waals surface area contributed by atoms with Gasteiger partial charge in [0.25, 0.3) is 5.91 Å². The average molecular weight is 282 g/mol. The lowest BCUT2D eigenvalue weighted by molar-refractivity contribution is 0.0724. The number of halogens is 1. The predicted molar refractivity (Wildman–Crippen MR) is 76.6 cm³/mol. The fourth-order valence-corrected chi connectivity index (χ4v) is 3.05. The van der Waals surface area contributed by atoms with E-state index in [9.17, 15) is 4.79 Å². The summed E-state index contributed by atoms with van der Waals surface area (Å²) in [7, 11) is 0. The van der Waals surface area contributed by atoms with Gasteiger partial charge in [-0.05, 0) is 56.4 Å². The van der Waals surface area contributed by atoms with Crippen LogP contribution in [0, 0.1) is 6.92 Å². The Hall–Kier alpha value is -1.06. The van der Waals surface area contributed by atoms with Crippen molar-refractivity contribution in [2.24, 2.45) is 0 Å². The maximum absolute atomic E-state index is 12.5. The summed E-state index contributed by atoms with van der Waals surface area (Å²) < 4.78 is 0. The lowest BCUT2D eigenvalue weighted by Crippen LogP contribution is -2.35. The number of aliphatic hydroxyl groups is 1. The minimum atomic E-state index is 0.0611. The van der Waals surface area contributed by atoms with Gasteiger partial charge in [0.05, 0.1) is 0 Å². The van der Waals surface area contributed by atoms with Crippen molar-refractivity contribution in [2.45, 2.75) is 38.6 Å². The molecule has 1 unspecified atom stereocenters. The Balaban J connectivity index is 2.13. The maximum Gasteiger partial charge on any atom is 0.254 e. The van der Waals surface area contributed by atoms with Gasteiger partial charge in [0.15, 0.2) is 0 Å². The van der Waals surface area contributed by atoms with Crippen molar-refractivity contribution < 1.29 is 9.90 Å². The Morgan fingerprint density at radius 1 is 1.47 bits per heavy atom. The monoisotopic (exact) mass is 281 g/mol. The summed E-state index contributed by atoms with van der Waals surface area (Å²) >= 11 is 6.02. The maximum atomic E-state index is 12.5. The highest BCUT2D eigenvalue weighted by Gasteiger charge is 2.28. The highest BCUT2D eigenvalue weighted by Crippen LogP contribution is 2.25. The molecule has 1 heterocycles. The van der Waals surface area contributed by atoms with Crippen LogP contribution in [0.5, 0.6) is 0 Å². The molecule has 1 amide bonds. The largest absolute Gasteiger partial charge is 0.396 e. The molecule has 0 radical (unpaired) electrons. The lowest BCUT2D eigenvalue weighted by atomic mass is 10.1. The molecule has 0 aromatic heterocycles. The highest BCUT2D eigenvalue weighted by molar-refractivity contribution is 6.31. The molecule has 3 nitrogen and oxygen atoms in total. The zero-order valence-corrected chi connectivity index (χ0v) is 12.0. The lowest BCUT2D eigenvalue weighted by Gasteiger charge is -2.25. The van der Waals surface area contributed by atoms with E-state index in [0.29, 0.717) is 10.6 Å². The number of rotatable bonds is 4. The van der Waals surface area contributed by atoms with E-state index < -0.39 is 0 Å². The van der Waals surface area contributed by atoms with E-state index in [4.69, 9.17) is 16.7 Å². The van der Waals surface area contributed by atoms with E-state index in [2.05, 4.69) is 0 Å². The summed E-state index contributed by atoms with van der Waals surface area (Å²) in [5, 5.41) is 9.53. The number of nitrogens with zero attached hydrogens (tertiary/aromatic N) is 1. The second-order valence-corrected chi connectivity index (χ2v) is 5.61. The van der Waals surface area contributed by atoms with Crippen LogP contribution in [-0.2, 0) is 0 Å². The van der Waals surface area contributed by atoms with Crippen LogP contribution >= 0.6 is 11.6 Å². The van der Waals surface area contributed by atoms with Crippen LogP contribution in [0.1, 0.15) is 41.6 Å². The van der Waals surface area contributed by atoms with Gasteiger partial charge < -0.3 is 10.0 Å². The molecule has 4 heteroatoms. The third-order valence-electron chi connectivity index (χ3n) is 3.62. The number of aryl methyl sites for hydroxylation is 1. The number of aliphatic hydroxyl groups excluding tert-OH is 1. The van der Waals surface area contributed by atoms with Gasteiger partial charge in [0, 0.05) is 29.8 Å². The van der Waals surface area contributed by atoms with Gasteiger partial charge in [-0.15, -0.1) is 0 Å². The van der Waals surface area contributed by atoms with E-state index in [1.165, 1.54) is 0 Å². The number of benzene rings is 1. The Labute approximate surface area is 119 Å². The molecule has 1 atom stereocenters. The Bertz CT molecular complexity index is 441. The SMILES string of the molecule is Cc1cc(Cl)cc(C(=O)N2CCCC2CCCO)c1. The third-order valence-corrected chi connectivity index (χ3v) is 3.84. The molecule has 0 aliphatic carbocycles. The van der Waals surface area contributed by atoms with Crippen LogP contribution in [0.15, 0.2) is 18.2 Å². The van der Waals surface area contributed by atoms with Gasteiger partial charge in [-0.1, -0.05) is 11.6 Å². The van der Waals surface area contributed by atoms with E-state index in [0.717, 1.165) is 37.8 Å². The van der Waals surface area contributed by atoms with Crippen molar-refractivity contribution in [1.82, 2.24) is 4.90 Å². The van der Waals surface area contributed by atoms with Crippen molar-refractivity contribution >= 4 is 17.5 Å². The molecule has 104 valence electrons. The quantitative estimate of drug-likeness (QED) is 0.922. The summed E-state index contributed by atoms with van der Waals surface area (Å²) in [6.45, 7) is 2.94. The van der Waals surface area contributed by atoms with Gasteiger partial charge >= 0.3 is 0 Å². The van der Waals surface area contributed by atoms with Gasteiger partial charge in [0.1, 0.15) is 0 Å². The first kappa shape index (κ1) is 14.4. The fourth-order valence-electron chi connectivity index (χ4n) is 2.76. The summed E-state index contributed by atoms with van der Waals surface area (Å²) in [6, 6.07) is 5.73. The van der Waals surface area contributed by atoms with Crippen LogP contribution in [-0.4, -0.2) is 35.1 Å². The molecule has 0 bridgehead atoms. The third kappa shape index (κ3) is 3.48. The molecular weight excluding hydrogens is 262 g/mol. The molecule has 1 aliphatic heterocycles. The summed E-state index contributed by atoms with van der Waals surface area (Å²) in [5.41, 5.74) is 1.67. The van der Waals surface area contributed by atoms with Gasteiger partial charge in [0.2, 0.25) is 0 Å². The predicted octanol–water partition coefficient (Wildman–Crippen LogP) is 3.03. The van der Waals surface area contributed by atoms with E-state index in [1.807, 2.05) is 24.0 Å².